The molecule has 6 heteroatoms. The van der Waals surface area contributed by atoms with Crippen LogP contribution in [0.25, 0.3) is 22.5 Å². The Hall–Kier alpha value is -3.28. The molecule has 1 aliphatic heterocycles. The first-order valence-corrected chi connectivity index (χ1v) is 12.0. The molecule has 2 heterocycles. The molecule has 34 heavy (non-hydrogen) atoms. The number of epoxide rings is 1. The average Bonchev–Trinajstić information content (AvgIpc) is 3.61. The predicted molar refractivity (Wildman–Crippen MR) is 135 cm³/mol. The maximum absolute atomic E-state index is 5.96. The fourth-order valence-electron chi connectivity index (χ4n) is 3.69. The summed E-state index contributed by atoms with van der Waals surface area (Å²) in [5, 5.41) is 0.685. The molecular formula is C28H27ClN2O3. The molecule has 1 aliphatic rings. The van der Waals surface area contributed by atoms with Crippen LogP contribution in [0, 0.1) is 0 Å². The summed E-state index contributed by atoms with van der Waals surface area (Å²) in [6, 6.07) is 23.5. The average molecular weight is 475 g/mol. The van der Waals surface area contributed by atoms with Gasteiger partial charge in [-0.1, -0.05) is 24.9 Å². The highest BCUT2D eigenvalue weighted by atomic mass is 35.5. The highest BCUT2D eigenvalue weighted by molar-refractivity contribution is 6.30. The number of aryl methyl sites for hydroxylation is 1. The van der Waals surface area contributed by atoms with Crippen LogP contribution in [0.2, 0.25) is 5.02 Å². The number of imidazole rings is 1. The van der Waals surface area contributed by atoms with Gasteiger partial charge >= 0.3 is 0 Å². The number of aromatic amines is 1. The molecule has 1 fully saturated rings. The van der Waals surface area contributed by atoms with Crippen molar-refractivity contribution in [1.29, 1.82) is 0 Å². The third kappa shape index (κ3) is 5.61. The van der Waals surface area contributed by atoms with Crippen molar-refractivity contribution < 1.29 is 14.2 Å². The quantitative estimate of drug-likeness (QED) is 0.245. The van der Waals surface area contributed by atoms with Crippen LogP contribution < -0.4 is 9.47 Å². The summed E-state index contributed by atoms with van der Waals surface area (Å²) in [5.74, 6) is 3.35. The predicted octanol–water partition coefficient (Wildman–Crippen LogP) is 7.31. The van der Waals surface area contributed by atoms with Gasteiger partial charge in [0.25, 0.3) is 0 Å². The van der Waals surface area contributed by atoms with Crippen LogP contribution >= 0.6 is 11.6 Å². The van der Waals surface area contributed by atoms with Gasteiger partial charge in [-0.2, -0.15) is 0 Å². The summed E-state index contributed by atoms with van der Waals surface area (Å²) in [6.45, 7) is 3.58. The minimum atomic E-state index is 0.241. The first-order chi connectivity index (χ1) is 16.7. The van der Waals surface area contributed by atoms with Crippen molar-refractivity contribution in [3.05, 3.63) is 83.6 Å². The molecule has 3 aromatic carbocycles. The molecule has 174 valence electrons. The molecule has 0 amide bonds. The van der Waals surface area contributed by atoms with E-state index in [1.165, 1.54) is 0 Å². The Bertz CT molecular complexity index is 1210. The zero-order valence-corrected chi connectivity index (χ0v) is 19.8. The van der Waals surface area contributed by atoms with E-state index in [0.717, 1.165) is 71.5 Å². The summed E-state index contributed by atoms with van der Waals surface area (Å²) in [5.41, 5.74) is 4.05. The second kappa shape index (κ2) is 10.3. The van der Waals surface area contributed by atoms with Crippen LogP contribution in [-0.2, 0) is 11.2 Å². The van der Waals surface area contributed by atoms with E-state index >= 15 is 0 Å². The SMILES string of the molecule is CCCCc1nc(-c2ccc(OC[C@@H]3CO3)cc2)c(-c2ccc(Oc3ccc(Cl)cc3)cc2)[nH]1. The van der Waals surface area contributed by atoms with Crippen molar-refractivity contribution in [2.24, 2.45) is 0 Å². The van der Waals surface area contributed by atoms with Gasteiger partial charge in [0.05, 0.1) is 18.0 Å². The summed E-state index contributed by atoms with van der Waals surface area (Å²) < 4.78 is 17.0. The number of hydrogen-bond donors (Lipinski definition) is 1. The number of ether oxygens (including phenoxy) is 3. The maximum Gasteiger partial charge on any atom is 0.127 e. The van der Waals surface area contributed by atoms with E-state index < -0.39 is 0 Å². The largest absolute Gasteiger partial charge is 0.491 e. The molecule has 0 saturated carbocycles. The van der Waals surface area contributed by atoms with Crippen LogP contribution in [0.4, 0.5) is 0 Å². The van der Waals surface area contributed by atoms with Crippen LogP contribution in [0.3, 0.4) is 0 Å². The van der Waals surface area contributed by atoms with Crippen molar-refractivity contribution in [2.75, 3.05) is 13.2 Å². The van der Waals surface area contributed by atoms with E-state index in [9.17, 15) is 0 Å². The van der Waals surface area contributed by atoms with E-state index in [1.54, 1.807) is 0 Å². The van der Waals surface area contributed by atoms with Gasteiger partial charge in [0.2, 0.25) is 0 Å². The van der Waals surface area contributed by atoms with Gasteiger partial charge in [0, 0.05) is 22.6 Å². The van der Waals surface area contributed by atoms with Gasteiger partial charge in [-0.15, -0.1) is 0 Å². The lowest BCUT2D eigenvalue weighted by Gasteiger charge is -2.08. The lowest BCUT2D eigenvalue weighted by Crippen LogP contribution is -2.03. The van der Waals surface area contributed by atoms with Crippen molar-refractivity contribution in [1.82, 2.24) is 9.97 Å². The molecule has 0 spiro atoms. The Balaban J connectivity index is 1.38. The molecular weight excluding hydrogens is 448 g/mol. The Kier molecular flexibility index (Phi) is 6.84. The molecule has 5 rings (SSSR count). The normalized spacial score (nSPS) is 14.7. The van der Waals surface area contributed by atoms with E-state index in [0.29, 0.717) is 11.6 Å². The number of hydrogen-bond acceptors (Lipinski definition) is 4. The Morgan fingerprint density at radius 2 is 1.53 bits per heavy atom. The van der Waals surface area contributed by atoms with Gasteiger partial charge in [-0.05, 0) is 79.2 Å². The minimum absolute atomic E-state index is 0.241. The number of aromatic nitrogens is 2. The molecule has 5 nitrogen and oxygen atoms in total. The van der Waals surface area contributed by atoms with E-state index in [4.69, 9.17) is 30.8 Å². The summed E-state index contributed by atoms with van der Waals surface area (Å²) in [6.07, 6.45) is 3.38. The Labute approximate surface area is 204 Å². The lowest BCUT2D eigenvalue weighted by atomic mass is 10.0. The number of H-pyrrole nitrogens is 1. The number of nitrogens with one attached hydrogen (secondary N) is 1. The first-order valence-electron chi connectivity index (χ1n) is 11.7. The molecule has 1 N–H and O–H groups in total. The van der Waals surface area contributed by atoms with E-state index in [-0.39, 0.29) is 6.10 Å². The van der Waals surface area contributed by atoms with Crippen LogP contribution in [-0.4, -0.2) is 29.3 Å². The molecule has 0 unspecified atom stereocenters. The monoisotopic (exact) mass is 474 g/mol. The Morgan fingerprint density at radius 1 is 0.912 bits per heavy atom. The molecule has 1 aromatic heterocycles. The van der Waals surface area contributed by atoms with Crippen molar-refractivity contribution in [3.8, 4) is 39.8 Å². The molecule has 4 aromatic rings. The number of nitrogens with zero attached hydrogens (tertiary/aromatic N) is 1. The summed E-state index contributed by atoms with van der Waals surface area (Å²) in [7, 11) is 0. The highest BCUT2D eigenvalue weighted by Crippen LogP contribution is 2.33. The minimum Gasteiger partial charge on any atom is -0.491 e. The van der Waals surface area contributed by atoms with Crippen molar-refractivity contribution in [2.45, 2.75) is 32.3 Å². The summed E-state index contributed by atoms with van der Waals surface area (Å²) in [4.78, 5) is 8.50. The van der Waals surface area contributed by atoms with E-state index in [1.807, 2.05) is 48.5 Å². The van der Waals surface area contributed by atoms with Gasteiger partial charge in [-0.25, -0.2) is 4.98 Å². The Morgan fingerprint density at radius 3 is 2.18 bits per heavy atom. The third-order valence-electron chi connectivity index (χ3n) is 5.68. The van der Waals surface area contributed by atoms with Gasteiger partial charge in [-0.3, -0.25) is 0 Å². The molecule has 0 aliphatic carbocycles. The van der Waals surface area contributed by atoms with Crippen LogP contribution in [0.5, 0.6) is 17.2 Å². The van der Waals surface area contributed by atoms with Crippen LogP contribution in [0.1, 0.15) is 25.6 Å². The second-order valence-corrected chi connectivity index (χ2v) is 8.82. The summed E-state index contributed by atoms with van der Waals surface area (Å²) >= 11 is 5.96. The fraction of sp³-hybridized carbons (Fsp3) is 0.250. The number of rotatable bonds is 10. The van der Waals surface area contributed by atoms with Gasteiger partial charge < -0.3 is 19.2 Å². The van der Waals surface area contributed by atoms with Gasteiger partial charge in [0.1, 0.15) is 35.8 Å². The second-order valence-electron chi connectivity index (χ2n) is 8.38. The molecule has 0 bridgehead atoms. The number of halogens is 1. The maximum atomic E-state index is 5.96. The van der Waals surface area contributed by atoms with Gasteiger partial charge in [0.15, 0.2) is 0 Å². The fourth-order valence-corrected chi connectivity index (χ4v) is 3.82. The topological polar surface area (TPSA) is 59.7 Å². The lowest BCUT2D eigenvalue weighted by molar-refractivity contribution is 0.263. The van der Waals surface area contributed by atoms with Crippen LogP contribution in [0.15, 0.2) is 72.8 Å². The number of unbranched alkanes of at least 4 members (excludes halogenated alkanes) is 1. The van der Waals surface area contributed by atoms with E-state index in [2.05, 4.69) is 36.2 Å². The number of benzene rings is 3. The molecule has 1 saturated heterocycles. The highest BCUT2D eigenvalue weighted by Gasteiger charge is 2.23. The zero-order chi connectivity index (χ0) is 23.3. The smallest absolute Gasteiger partial charge is 0.127 e. The third-order valence-corrected chi connectivity index (χ3v) is 5.93. The van der Waals surface area contributed by atoms with Crippen molar-refractivity contribution in [3.63, 3.8) is 0 Å². The first kappa shape index (κ1) is 22.5. The van der Waals surface area contributed by atoms with Crippen molar-refractivity contribution >= 4 is 11.6 Å². The standard InChI is InChI=1S/C28H27ClN2O3/c1-2-3-4-26-30-27(19-5-11-22(12-6-19)32-17-25-18-33-25)28(31-26)20-7-13-23(14-8-20)34-24-15-9-21(29)10-16-24/h5-16,25H,2-4,17-18H2,1H3,(H,30,31)/t25-/m1/s1. The molecule has 1 atom stereocenters. The zero-order valence-electron chi connectivity index (χ0n) is 19.1. The molecule has 0 radical (unpaired) electrons.